The van der Waals surface area contributed by atoms with Crippen molar-refractivity contribution in [1.82, 2.24) is 4.98 Å². The van der Waals surface area contributed by atoms with Crippen molar-refractivity contribution >= 4 is 28.4 Å². The molecule has 2 rings (SSSR count). The first-order valence-electron chi connectivity index (χ1n) is 4.36. The van der Waals surface area contributed by atoms with Crippen molar-refractivity contribution in [1.29, 1.82) is 0 Å². The summed E-state index contributed by atoms with van der Waals surface area (Å²) in [5.41, 5.74) is -0.246. The molecule has 0 saturated heterocycles. The predicted octanol–water partition coefficient (Wildman–Crippen LogP) is 1.76. The molecule has 14 heavy (non-hydrogen) atoms. The summed E-state index contributed by atoms with van der Waals surface area (Å²) in [4.78, 5) is 3.71. The summed E-state index contributed by atoms with van der Waals surface area (Å²) in [6.45, 7) is 0.0712. The van der Waals surface area contributed by atoms with Crippen LogP contribution in [0.4, 0.5) is 10.2 Å². The largest absolute Gasteiger partial charge is 0.394 e. The van der Waals surface area contributed by atoms with E-state index in [1.165, 1.54) is 6.07 Å². The first-order chi connectivity index (χ1) is 6.63. The molecule has 0 spiro atoms. The highest BCUT2D eigenvalue weighted by Gasteiger charge is 2.42. The number of rotatable bonds is 3. The van der Waals surface area contributed by atoms with Crippen LogP contribution in [0.5, 0.6) is 0 Å². The Bertz CT molecular complexity index is 334. The van der Waals surface area contributed by atoms with Gasteiger partial charge >= 0.3 is 0 Å². The summed E-state index contributed by atoms with van der Waals surface area (Å²) in [6, 6.07) is 3.13. The lowest BCUT2D eigenvalue weighted by atomic mass is 10.3. The third-order valence-electron chi connectivity index (χ3n) is 2.31. The van der Waals surface area contributed by atoms with Gasteiger partial charge in [-0.1, -0.05) is 0 Å². The van der Waals surface area contributed by atoms with Gasteiger partial charge in [-0.2, -0.15) is 4.39 Å². The molecule has 0 radical (unpaired) electrons. The Balaban J connectivity index is 2.16. The SMILES string of the molecule is OCC1(Nc2cc(I)cc(F)n2)CC1. The first kappa shape index (κ1) is 10.1. The third kappa shape index (κ3) is 2.14. The van der Waals surface area contributed by atoms with Gasteiger partial charge in [0.05, 0.1) is 12.1 Å². The number of hydrogen-bond acceptors (Lipinski definition) is 3. The van der Waals surface area contributed by atoms with Crippen LogP contribution in [-0.4, -0.2) is 22.2 Å². The second-order valence-corrected chi connectivity index (χ2v) is 4.80. The van der Waals surface area contributed by atoms with Gasteiger partial charge in [-0.25, -0.2) is 4.98 Å². The number of pyridine rings is 1. The van der Waals surface area contributed by atoms with E-state index in [0.29, 0.717) is 5.82 Å². The number of nitrogens with zero attached hydrogens (tertiary/aromatic N) is 1. The highest BCUT2D eigenvalue weighted by atomic mass is 127. The van der Waals surface area contributed by atoms with E-state index in [1.54, 1.807) is 6.07 Å². The van der Waals surface area contributed by atoms with Crippen LogP contribution in [0, 0.1) is 9.52 Å². The molecule has 1 aromatic heterocycles. The monoisotopic (exact) mass is 308 g/mol. The Morgan fingerprint density at radius 1 is 1.57 bits per heavy atom. The normalized spacial score (nSPS) is 17.9. The minimum absolute atomic E-state index is 0.0712. The second-order valence-electron chi connectivity index (χ2n) is 3.56. The molecule has 0 bridgehead atoms. The molecule has 1 aliphatic rings. The molecule has 0 aliphatic heterocycles. The molecule has 1 aromatic rings. The molecule has 76 valence electrons. The molecule has 2 N–H and O–H groups in total. The van der Waals surface area contributed by atoms with E-state index >= 15 is 0 Å². The van der Waals surface area contributed by atoms with E-state index < -0.39 is 5.95 Å². The zero-order chi connectivity index (χ0) is 10.2. The van der Waals surface area contributed by atoms with Crippen molar-refractivity contribution in [3.63, 3.8) is 0 Å². The van der Waals surface area contributed by atoms with Gasteiger partial charge in [-0.15, -0.1) is 0 Å². The quantitative estimate of drug-likeness (QED) is 0.661. The smallest absolute Gasteiger partial charge is 0.215 e. The maximum Gasteiger partial charge on any atom is 0.215 e. The Hall–Kier alpha value is -0.430. The Morgan fingerprint density at radius 3 is 2.79 bits per heavy atom. The summed E-state index contributed by atoms with van der Waals surface area (Å²) >= 11 is 2.03. The van der Waals surface area contributed by atoms with E-state index in [1.807, 2.05) is 22.6 Å². The maximum absolute atomic E-state index is 12.9. The lowest BCUT2D eigenvalue weighted by Crippen LogP contribution is -2.26. The molecule has 1 saturated carbocycles. The Labute approximate surface area is 94.9 Å². The van der Waals surface area contributed by atoms with Crippen LogP contribution in [0.1, 0.15) is 12.8 Å². The van der Waals surface area contributed by atoms with E-state index in [2.05, 4.69) is 10.3 Å². The van der Waals surface area contributed by atoms with E-state index in [4.69, 9.17) is 5.11 Å². The van der Waals surface area contributed by atoms with Crippen molar-refractivity contribution in [2.24, 2.45) is 0 Å². The number of anilines is 1. The third-order valence-corrected chi connectivity index (χ3v) is 2.93. The maximum atomic E-state index is 12.9. The van der Waals surface area contributed by atoms with Crippen molar-refractivity contribution in [3.8, 4) is 0 Å². The number of aliphatic hydroxyl groups excluding tert-OH is 1. The summed E-state index contributed by atoms with van der Waals surface area (Å²) in [6.07, 6.45) is 1.83. The summed E-state index contributed by atoms with van der Waals surface area (Å²) in [5.74, 6) is 0.00842. The van der Waals surface area contributed by atoms with Gasteiger partial charge in [0, 0.05) is 9.64 Å². The van der Waals surface area contributed by atoms with Crippen LogP contribution < -0.4 is 5.32 Å². The van der Waals surface area contributed by atoms with Crippen molar-refractivity contribution in [3.05, 3.63) is 21.7 Å². The van der Waals surface area contributed by atoms with E-state index in [-0.39, 0.29) is 12.1 Å². The topological polar surface area (TPSA) is 45.1 Å². The summed E-state index contributed by atoms with van der Waals surface area (Å²) in [5, 5.41) is 12.1. The van der Waals surface area contributed by atoms with Crippen LogP contribution in [-0.2, 0) is 0 Å². The van der Waals surface area contributed by atoms with Crippen molar-refractivity contribution in [2.45, 2.75) is 18.4 Å². The molecule has 1 aliphatic carbocycles. The van der Waals surface area contributed by atoms with Crippen LogP contribution in [0.15, 0.2) is 12.1 Å². The summed E-state index contributed by atoms with van der Waals surface area (Å²) in [7, 11) is 0. The van der Waals surface area contributed by atoms with Gasteiger partial charge in [-0.05, 0) is 41.5 Å². The number of aliphatic hydroxyl groups is 1. The second kappa shape index (κ2) is 3.62. The van der Waals surface area contributed by atoms with Gasteiger partial charge in [0.25, 0.3) is 0 Å². The Kier molecular flexibility index (Phi) is 2.61. The molecular formula is C9H10FIN2O. The standard InChI is InChI=1S/C9H10FIN2O/c10-7-3-6(11)4-8(12-7)13-9(5-14)1-2-9/h3-4,14H,1-2,5H2,(H,12,13). The van der Waals surface area contributed by atoms with Crippen molar-refractivity contribution < 1.29 is 9.50 Å². The van der Waals surface area contributed by atoms with Crippen LogP contribution in [0.3, 0.4) is 0 Å². The molecule has 0 aromatic carbocycles. The Morgan fingerprint density at radius 2 is 2.29 bits per heavy atom. The zero-order valence-corrected chi connectivity index (χ0v) is 9.58. The molecule has 0 unspecified atom stereocenters. The highest BCUT2D eigenvalue weighted by molar-refractivity contribution is 14.1. The van der Waals surface area contributed by atoms with Gasteiger partial charge in [-0.3, -0.25) is 0 Å². The number of aromatic nitrogens is 1. The molecule has 0 amide bonds. The molecule has 1 heterocycles. The van der Waals surface area contributed by atoms with Crippen LogP contribution >= 0.6 is 22.6 Å². The first-order valence-corrected chi connectivity index (χ1v) is 5.44. The van der Waals surface area contributed by atoms with E-state index in [9.17, 15) is 4.39 Å². The number of nitrogens with one attached hydrogen (secondary N) is 1. The van der Waals surface area contributed by atoms with Crippen molar-refractivity contribution in [2.75, 3.05) is 11.9 Å². The number of hydrogen-bond donors (Lipinski definition) is 2. The van der Waals surface area contributed by atoms with Gasteiger partial charge in [0.1, 0.15) is 5.82 Å². The average Bonchev–Trinajstić information content (AvgIpc) is 2.83. The highest BCUT2D eigenvalue weighted by Crippen LogP contribution is 2.37. The summed E-state index contributed by atoms with van der Waals surface area (Å²) < 4.78 is 13.7. The minimum Gasteiger partial charge on any atom is -0.394 e. The molecule has 0 atom stereocenters. The molecule has 5 heteroatoms. The average molecular weight is 308 g/mol. The predicted molar refractivity (Wildman–Crippen MR) is 59.6 cm³/mol. The van der Waals surface area contributed by atoms with E-state index in [0.717, 1.165) is 16.4 Å². The molecule has 1 fully saturated rings. The molecule has 3 nitrogen and oxygen atoms in total. The molecular weight excluding hydrogens is 298 g/mol. The number of halogens is 2. The fraction of sp³-hybridized carbons (Fsp3) is 0.444. The lowest BCUT2D eigenvalue weighted by molar-refractivity contribution is 0.266. The van der Waals surface area contributed by atoms with Gasteiger partial charge < -0.3 is 10.4 Å². The lowest BCUT2D eigenvalue weighted by Gasteiger charge is -2.14. The van der Waals surface area contributed by atoms with Gasteiger partial charge in [0.2, 0.25) is 5.95 Å². The van der Waals surface area contributed by atoms with Crippen LogP contribution in [0.25, 0.3) is 0 Å². The van der Waals surface area contributed by atoms with Crippen LogP contribution in [0.2, 0.25) is 0 Å². The minimum atomic E-state index is -0.492. The fourth-order valence-corrected chi connectivity index (χ4v) is 1.83. The fourth-order valence-electron chi connectivity index (χ4n) is 1.27. The zero-order valence-electron chi connectivity index (χ0n) is 7.43. The van der Waals surface area contributed by atoms with Gasteiger partial charge in [0.15, 0.2) is 0 Å².